The maximum Gasteiger partial charge on any atom is 0.278 e. The Kier molecular flexibility index (Phi) is 6.08. The van der Waals surface area contributed by atoms with Crippen LogP contribution in [0.15, 0.2) is 65.0 Å². The molecule has 0 radical (unpaired) electrons. The lowest BCUT2D eigenvalue weighted by Crippen LogP contribution is -2.24. The first-order chi connectivity index (χ1) is 13.4. The molecule has 3 aromatic rings. The van der Waals surface area contributed by atoms with Gasteiger partial charge in [0.15, 0.2) is 0 Å². The van der Waals surface area contributed by atoms with Crippen molar-refractivity contribution in [3.63, 3.8) is 0 Å². The van der Waals surface area contributed by atoms with Crippen LogP contribution in [-0.4, -0.2) is 37.7 Å². The van der Waals surface area contributed by atoms with Crippen molar-refractivity contribution in [3.8, 4) is 10.9 Å². The number of nitrogens with zero attached hydrogens (tertiary/aromatic N) is 2. The number of hydrogen-bond acceptors (Lipinski definition) is 6. The highest BCUT2D eigenvalue weighted by molar-refractivity contribution is 7.89. The molecule has 0 saturated heterocycles. The van der Waals surface area contributed by atoms with Crippen LogP contribution in [0.3, 0.4) is 0 Å². The van der Waals surface area contributed by atoms with E-state index >= 15 is 0 Å². The Balaban J connectivity index is 1.58. The summed E-state index contributed by atoms with van der Waals surface area (Å²) in [6.07, 6.45) is 1.67. The van der Waals surface area contributed by atoms with Crippen molar-refractivity contribution in [3.05, 3.63) is 71.2 Å². The zero-order valence-corrected chi connectivity index (χ0v) is 17.0. The lowest BCUT2D eigenvalue weighted by molar-refractivity contribution is 0.0951. The van der Waals surface area contributed by atoms with Crippen molar-refractivity contribution >= 4 is 27.3 Å². The van der Waals surface area contributed by atoms with Crippen LogP contribution >= 0.6 is 11.3 Å². The van der Waals surface area contributed by atoms with Gasteiger partial charge in [-0.3, -0.25) is 4.79 Å². The Morgan fingerprint density at radius 3 is 2.36 bits per heavy atom. The van der Waals surface area contributed by atoms with E-state index in [2.05, 4.69) is 10.3 Å². The van der Waals surface area contributed by atoms with Gasteiger partial charge in [-0.15, -0.1) is 0 Å². The smallest absolute Gasteiger partial charge is 0.278 e. The summed E-state index contributed by atoms with van der Waals surface area (Å²) in [5, 5.41) is 5.22. The van der Waals surface area contributed by atoms with Crippen molar-refractivity contribution in [1.29, 1.82) is 0 Å². The van der Waals surface area contributed by atoms with Crippen LogP contribution in [-0.2, 0) is 16.6 Å². The molecule has 0 aliphatic carbocycles. The average Bonchev–Trinajstić information content (AvgIpc) is 3.20. The first kappa shape index (κ1) is 20.0. The first-order valence-corrected chi connectivity index (χ1v) is 10.7. The molecule has 0 spiro atoms. The topological polar surface area (TPSA) is 88.6 Å². The van der Waals surface area contributed by atoms with Gasteiger partial charge in [-0.05, 0) is 42.0 Å². The summed E-state index contributed by atoms with van der Waals surface area (Å²) in [4.78, 5) is 16.5. The molecule has 1 amide bonds. The van der Waals surface area contributed by atoms with Crippen LogP contribution in [0.5, 0.6) is 10.9 Å². The standard InChI is InChI=1S/C19H19N3O4S2/c1-22(2)28(24,25)17-9-5-15(6-10-17)18(23)21-13-14-3-7-16(8-4-14)26-19-20-11-12-27-19/h3-12H,13H2,1-2H3,(H,21,23). The molecule has 0 atom stereocenters. The Hall–Kier alpha value is -2.75. The van der Waals surface area contributed by atoms with Crippen molar-refractivity contribution in [2.45, 2.75) is 11.4 Å². The summed E-state index contributed by atoms with van der Waals surface area (Å²) in [5.74, 6) is 0.389. The molecule has 0 unspecified atom stereocenters. The third-order valence-corrected chi connectivity index (χ3v) is 6.36. The number of nitrogens with one attached hydrogen (secondary N) is 1. The van der Waals surface area contributed by atoms with Crippen molar-refractivity contribution in [2.75, 3.05) is 14.1 Å². The number of amides is 1. The zero-order chi connectivity index (χ0) is 20.1. The number of hydrogen-bond donors (Lipinski definition) is 1. The molecule has 0 saturated carbocycles. The largest absolute Gasteiger partial charge is 0.431 e. The van der Waals surface area contributed by atoms with E-state index in [1.54, 1.807) is 6.20 Å². The van der Waals surface area contributed by atoms with Gasteiger partial charge in [-0.1, -0.05) is 23.5 Å². The predicted octanol–water partition coefficient (Wildman–Crippen LogP) is 3.12. The maximum atomic E-state index is 12.3. The summed E-state index contributed by atoms with van der Waals surface area (Å²) >= 11 is 1.41. The SMILES string of the molecule is CN(C)S(=O)(=O)c1ccc(C(=O)NCc2ccc(Oc3nccs3)cc2)cc1. The molecule has 146 valence electrons. The van der Waals surface area contributed by atoms with E-state index in [0.717, 1.165) is 9.87 Å². The van der Waals surface area contributed by atoms with E-state index < -0.39 is 10.0 Å². The van der Waals surface area contributed by atoms with Gasteiger partial charge in [0, 0.05) is 37.8 Å². The number of sulfonamides is 1. The fourth-order valence-corrected chi connectivity index (χ4v) is 3.72. The summed E-state index contributed by atoms with van der Waals surface area (Å²) in [5.41, 5.74) is 1.30. The molecule has 1 aromatic heterocycles. The second-order valence-electron chi connectivity index (χ2n) is 6.04. The second kappa shape index (κ2) is 8.51. The highest BCUT2D eigenvalue weighted by Gasteiger charge is 2.17. The van der Waals surface area contributed by atoms with E-state index in [1.165, 1.54) is 49.7 Å². The van der Waals surface area contributed by atoms with Gasteiger partial charge in [0.25, 0.3) is 11.1 Å². The summed E-state index contributed by atoms with van der Waals surface area (Å²) in [6, 6.07) is 13.2. The Bertz CT molecular complexity index is 1030. The lowest BCUT2D eigenvalue weighted by atomic mass is 10.2. The number of rotatable bonds is 7. The summed E-state index contributed by atoms with van der Waals surface area (Å²) in [6.45, 7) is 0.341. The first-order valence-electron chi connectivity index (χ1n) is 8.33. The molecule has 2 aromatic carbocycles. The van der Waals surface area contributed by atoms with Crippen LogP contribution in [0, 0.1) is 0 Å². The Labute approximate surface area is 167 Å². The van der Waals surface area contributed by atoms with Crippen molar-refractivity contribution in [2.24, 2.45) is 0 Å². The monoisotopic (exact) mass is 417 g/mol. The third kappa shape index (κ3) is 4.75. The zero-order valence-electron chi connectivity index (χ0n) is 15.3. The minimum atomic E-state index is -3.51. The molecular weight excluding hydrogens is 398 g/mol. The average molecular weight is 418 g/mol. The number of carbonyl (C=O) groups is 1. The molecule has 9 heteroatoms. The van der Waals surface area contributed by atoms with Gasteiger partial charge in [0.1, 0.15) is 5.75 Å². The number of benzene rings is 2. The van der Waals surface area contributed by atoms with E-state index in [1.807, 2.05) is 29.6 Å². The number of thiazole rings is 1. The van der Waals surface area contributed by atoms with E-state index in [0.29, 0.717) is 23.1 Å². The van der Waals surface area contributed by atoms with Crippen LogP contribution in [0.4, 0.5) is 0 Å². The minimum Gasteiger partial charge on any atom is -0.431 e. The number of ether oxygens (including phenoxy) is 1. The molecule has 28 heavy (non-hydrogen) atoms. The lowest BCUT2D eigenvalue weighted by Gasteiger charge is -2.11. The van der Waals surface area contributed by atoms with Gasteiger partial charge < -0.3 is 10.1 Å². The van der Waals surface area contributed by atoms with Crippen LogP contribution < -0.4 is 10.1 Å². The van der Waals surface area contributed by atoms with Crippen molar-refractivity contribution < 1.29 is 17.9 Å². The molecule has 3 rings (SSSR count). The Morgan fingerprint density at radius 2 is 1.79 bits per heavy atom. The fraction of sp³-hybridized carbons (Fsp3) is 0.158. The molecule has 7 nitrogen and oxygen atoms in total. The highest BCUT2D eigenvalue weighted by Crippen LogP contribution is 2.23. The Morgan fingerprint density at radius 1 is 1.11 bits per heavy atom. The normalized spacial score (nSPS) is 11.4. The summed E-state index contributed by atoms with van der Waals surface area (Å²) < 4.78 is 30.8. The molecule has 0 bridgehead atoms. The van der Waals surface area contributed by atoms with Crippen molar-refractivity contribution in [1.82, 2.24) is 14.6 Å². The van der Waals surface area contributed by atoms with Gasteiger partial charge >= 0.3 is 0 Å². The van der Waals surface area contributed by atoms with Gasteiger partial charge in [-0.2, -0.15) is 0 Å². The molecule has 0 fully saturated rings. The van der Waals surface area contributed by atoms with Crippen LogP contribution in [0.2, 0.25) is 0 Å². The predicted molar refractivity (Wildman–Crippen MR) is 107 cm³/mol. The molecule has 1 heterocycles. The number of carbonyl (C=O) groups excluding carboxylic acids is 1. The highest BCUT2D eigenvalue weighted by atomic mass is 32.2. The molecule has 0 aliphatic rings. The minimum absolute atomic E-state index is 0.143. The third-order valence-electron chi connectivity index (χ3n) is 3.89. The van der Waals surface area contributed by atoms with E-state index in [-0.39, 0.29) is 10.8 Å². The van der Waals surface area contributed by atoms with Gasteiger partial charge in [-0.25, -0.2) is 17.7 Å². The summed E-state index contributed by atoms with van der Waals surface area (Å²) in [7, 11) is -0.589. The molecule has 1 N–H and O–H groups in total. The van der Waals surface area contributed by atoms with Crippen LogP contribution in [0.1, 0.15) is 15.9 Å². The fourth-order valence-electron chi connectivity index (χ4n) is 2.31. The molecular formula is C19H19N3O4S2. The number of aromatic nitrogens is 1. The van der Waals surface area contributed by atoms with E-state index in [9.17, 15) is 13.2 Å². The maximum absolute atomic E-state index is 12.3. The van der Waals surface area contributed by atoms with Gasteiger partial charge in [0.05, 0.1) is 4.90 Å². The second-order valence-corrected chi connectivity index (χ2v) is 9.05. The van der Waals surface area contributed by atoms with Gasteiger partial charge in [0.2, 0.25) is 10.0 Å². The quantitative estimate of drug-likeness (QED) is 0.638. The molecule has 0 aliphatic heterocycles. The van der Waals surface area contributed by atoms with E-state index in [4.69, 9.17) is 4.74 Å². The van der Waals surface area contributed by atoms with Crippen LogP contribution in [0.25, 0.3) is 0 Å².